The number of likely N-dealkylation sites (tertiary alicyclic amines) is 1. The molecule has 100 valence electrons. The highest BCUT2D eigenvalue weighted by Crippen LogP contribution is 2.27. The van der Waals surface area contributed by atoms with Crippen LogP contribution in [0.3, 0.4) is 0 Å². The molecular formula is C14H16N2O3. The summed E-state index contributed by atoms with van der Waals surface area (Å²) in [5.74, 6) is 0.226. The molecule has 0 spiro atoms. The molecule has 1 fully saturated rings. The second kappa shape index (κ2) is 4.91. The van der Waals surface area contributed by atoms with E-state index in [1.165, 1.54) is 0 Å². The number of nitrogens with zero attached hydrogens (tertiary/aromatic N) is 2. The van der Waals surface area contributed by atoms with Crippen molar-refractivity contribution in [1.29, 1.82) is 0 Å². The van der Waals surface area contributed by atoms with Gasteiger partial charge < -0.3 is 14.5 Å². The van der Waals surface area contributed by atoms with Gasteiger partial charge in [-0.15, -0.1) is 0 Å². The van der Waals surface area contributed by atoms with Crippen LogP contribution in [0.5, 0.6) is 0 Å². The molecule has 0 saturated carbocycles. The number of ether oxygens (including phenoxy) is 1. The Morgan fingerprint density at radius 2 is 2.21 bits per heavy atom. The predicted molar refractivity (Wildman–Crippen MR) is 69.7 cm³/mol. The van der Waals surface area contributed by atoms with E-state index in [2.05, 4.69) is 5.16 Å². The highest BCUT2D eigenvalue weighted by atomic mass is 16.6. The van der Waals surface area contributed by atoms with Gasteiger partial charge in [-0.25, -0.2) is 4.79 Å². The van der Waals surface area contributed by atoms with Gasteiger partial charge in [-0.3, -0.25) is 0 Å². The predicted octanol–water partition coefficient (Wildman–Crippen LogP) is 2.03. The van der Waals surface area contributed by atoms with Crippen molar-refractivity contribution in [2.24, 2.45) is 11.1 Å². The number of fused-ring (bicyclic) bond motifs is 1. The molecule has 2 aliphatic heterocycles. The first kappa shape index (κ1) is 12.0. The summed E-state index contributed by atoms with van der Waals surface area (Å²) in [4.78, 5) is 18.9. The molecule has 0 N–H and O–H groups in total. The molecule has 2 aliphatic rings. The van der Waals surface area contributed by atoms with Crippen molar-refractivity contribution in [1.82, 2.24) is 4.90 Å². The normalized spacial score (nSPS) is 24.7. The third-order valence-electron chi connectivity index (χ3n) is 3.60. The molecule has 2 atom stereocenters. The third kappa shape index (κ3) is 2.41. The van der Waals surface area contributed by atoms with Crippen molar-refractivity contribution in [3.8, 4) is 0 Å². The van der Waals surface area contributed by atoms with Crippen LogP contribution in [-0.2, 0) is 16.2 Å². The molecule has 0 bridgehead atoms. The SMILES string of the molecule is CC1=NO[C@@H]2CN(C(=O)OCc3ccccc3)C[C@H]12. The Morgan fingerprint density at radius 1 is 1.42 bits per heavy atom. The molecule has 1 aromatic rings. The molecule has 1 aromatic carbocycles. The zero-order valence-electron chi connectivity index (χ0n) is 10.8. The van der Waals surface area contributed by atoms with Crippen LogP contribution in [0, 0.1) is 5.92 Å². The van der Waals surface area contributed by atoms with Crippen molar-refractivity contribution in [2.45, 2.75) is 19.6 Å². The van der Waals surface area contributed by atoms with Crippen LogP contribution in [-0.4, -0.2) is 35.9 Å². The van der Waals surface area contributed by atoms with Crippen molar-refractivity contribution < 1.29 is 14.4 Å². The lowest BCUT2D eigenvalue weighted by atomic mass is 10.0. The fraction of sp³-hybridized carbons (Fsp3) is 0.429. The maximum atomic E-state index is 12.0. The van der Waals surface area contributed by atoms with Gasteiger partial charge in [-0.05, 0) is 12.5 Å². The van der Waals surface area contributed by atoms with Gasteiger partial charge >= 0.3 is 6.09 Å². The maximum Gasteiger partial charge on any atom is 0.410 e. The highest BCUT2D eigenvalue weighted by molar-refractivity contribution is 5.87. The second-order valence-corrected chi connectivity index (χ2v) is 4.93. The van der Waals surface area contributed by atoms with Crippen LogP contribution in [0.15, 0.2) is 35.5 Å². The van der Waals surface area contributed by atoms with Crippen LogP contribution in [0.2, 0.25) is 0 Å². The number of amides is 1. The minimum Gasteiger partial charge on any atom is -0.445 e. The van der Waals surface area contributed by atoms with Crippen LogP contribution in [0.1, 0.15) is 12.5 Å². The van der Waals surface area contributed by atoms with Crippen LogP contribution in [0.4, 0.5) is 4.79 Å². The van der Waals surface area contributed by atoms with Gasteiger partial charge in [0.1, 0.15) is 6.61 Å². The Bertz CT molecular complexity index is 501. The summed E-state index contributed by atoms with van der Waals surface area (Å²) in [5, 5.41) is 3.95. The van der Waals surface area contributed by atoms with Gasteiger partial charge in [-0.2, -0.15) is 0 Å². The summed E-state index contributed by atoms with van der Waals surface area (Å²) in [7, 11) is 0. The Balaban J connectivity index is 1.53. The Kier molecular flexibility index (Phi) is 3.11. The molecular weight excluding hydrogens is 244 g/mol. The number of carbonyl (C=O) groups is 1. The Labute approximate surface area is 111 Å². The summed E-state index contributed by atoms with van der Waals surface area (Å²) in [6.45, 7) is 3.43. The average molecular weight is 260 g/mol. The molecule has 1 amide bonds. The van der Waals surface area contributed by atoms with E-state index in [1.807, 2.05) is 37.3 Å². The van der Waals surface area contributed by atoms with E-state index in [-0.39, 0.29) is 18.1 Å². The van der Waals surface area contributed by atoms with E-state index in [4.69, 9.17) is 9.57 Å². The zero-order valence-corrected chi connectivity index (χ0v) is 10.8. The Hall–Kier alpha value is -2.04. The summed E-state index contributed by atoms with van der Waals surface area (Å²) < 4.78 is 5.30. The lowest BCUT2D eigenvalue weighted by Gasteiger charge is -2.16. The summed E-state index contributed by atoms with van der Waals surface area (Å²) in [6, 6.07) is 9.67. The standard InChI is InChI=1S/C14H16N2O3/c1-10-12-7-16(8-13(12)19-15-10)14(17)18-9-11-5-3-2-4-6-11/h2-6,12-13H,7-9H2,1H3/t12-,13-/m1/s1. The lowest BCUT2D eigenvalue weighted by molar-refractivity contribution is 0.0664. The lowest BCUT2D eigenvalue weighted by Crippen LogP contribution is -2.30. The minimum absolute atomic E-state index is 0.00396. The minimum atomic E-state index is -0.283. The van der Waals surface area contributed by atoms with Gasteiger partial charge in [0.15, 0.2) is 6.10 Å². The quantitative estimate of drug-likeness (QED) is 0.817. The maximum absolute atomic E-state index is 12.0. The Morgan fingerprint density at radius 3 is 2.95 bits per heavy atom. The number of oxime groups is 1. The molecule has 19 heavy (non-hydrogen) atoms. The van der Waals surface area contributed by atoms with Gasteiger partial charge in [0, 0.05) is 6.54 Å². The molecule has 0 aliphatic carbocycles. The van der Waals surface area contributed by atoms with Gasteiger partial charge in [0.05, 0.1) is 18.2 Å². The van der Waals surface area contributed by atoms with Crippen molar-refractivity contribution in [3.05, 3.63) is 35.9 Å². The van der Waals surface area contributed by atoms with E-state index in [0.717, 1.165) is 11.3 Å². The van der Waals surface area contributed by atoms with Gasteiger partial charge in [0.25, 0.3) is 0 Å². The first-order valence-electron chi connectivity index (χ1n) is 6.40. The first-order valence-corrected chi connectivity index (χ1v) is 6.40. The van der Waals surface area contributed by atoms with E-state index in [9.17, 15) is 4.79 Å². The molecule has 0 radical (unpaired) electrons. The molecule has 5 nitrogen and oxygen atoms in total. The largest absolute Gasteiger partial charge is 0.445 e. The number of rotatable bonds is 2. The van der Waals surface area contributed by atoms with Gasteiger partial charge in [-0.1, -0.05) is 35.5 Å². The third-order valence-corrected chi connectivity index (χ3v) is 3.60. The van der Waals surface area contributed by atoms with Crippen LogP contribution < -0.4 is 0 Å². The second-order valence-electron chi connectivity index (χ2n) is 4.93. The van der Waals surface area contributed by atoms with E-state index in [0.29, 0.717) is 19.7 Å². The van der Waals surface area contributed by atoms with Crippen LogP contribution >= 0.6 is 0 Å². The fourth-order valence-electron chi connectivity index (χ4n) is 2.46. The monoisotopic (exact) mass is 260 g/mol. The number of benzene rings is 1. The fourth-order valence-corrected chi connectivity index (χ4v) is 2.46. The van der Waals surface area contributed by atoms with E-state index in [1.54, 1.807) is 4.90 Å². The smallest absolute Gasteiger partial charge is 0.410 e. The number of carbonyl (C=O) groups excluding carboxylic acids is 1. The molecule has 0 unspecified atom stereocenters. The summed E-state index contributed by atoms with van der Waals surface area (Å²) in [5.41, 5.74) is 1.95. The zero-order chi connectivity index (χ0) is 13.2. The van der Waals surface area contributed by atoms with Crippen molar-refractivity contribution >= 4 is 11.8 Å². The van der Waals surface area contributed by atoms with E-state index < -0.39 is 0 Å². The van der Waals surface area contributed by atoms with E-state index >= 15 is 0 Å². The van der Waals surface area contributed by atoms with Crippen molar-refractivity contribution in [3.63, 3.8) is 0 Å². The number of hydrogen-bond donors (Lipinski definition) is 0. The van der Waals surface area contributed by atoms with Gasteiger partial charge in [0.2, 0.25) is 0 Å². The molecule has 0 aromatic heterocycles. The topological polar surface area (TPSA) is 51.1 Å². The first-order chi connectivity index (χ1) is 9.24. The summed E-state index contributed by atoms with van der Waals surface area (Å²) >= 11 is 0. The van der Waals surface area contributed by atoms with Crippen LogP contribution in [0.25, 0.3) is 0 Å². The molecule has 5 heteroatoms. The highest BCUT2D eigenvalue weighted by Gasteiger charge is 2.42. The molecule has 1 saturated heterocycles. The average Bonchev–Trinajstić information content (AvgIpc) is 3.00. The molecule has 2 heterocycles. The number of hydrogen-bond acceptors (Lipinski definition) is 4. The molecule has 3 rings (SSSR count). The van der Waals surface area contributed by atoms with Crippen molar-refractivity contribution in [2.75, 3.05) is 13.1 Å². The summed E-state index contributed by atoms with van der Waals surface area (Å²) in [6.07, 6.45) is -0.279.